The Labute approximate surface area is 152 Å². The number of carbonyl (C=O) groups is 2. The minimum atomic E-state index is -1.04. The fraction of sp³-hybridized carbons (Fsp3) is 0.111. The van der Waals surface area contributed by atoms with Gasteiger partial charge in [-0.3, -0.25) is 9.59 Å². The topological polar surface area (TPSA) is 102 Å². The van der Waals surface area contributed by atoms with E-state index >= 15 is 0 Å². The van der Waals surface area contributed by atoms with Gasteiger partial charge in [-0.25, -0.2) is 8.78 Å². The fourth-order valence-electron chi connectivity index (χ4n) is 1.93. The molecule has 0 atom stereocenters. The van der Waals surface area contributed by atoms with Gasteiger partial charge < -0.3 is 5.11 Å². The zero-order chi connectivity index (χ0) is 19.7. The molecule has 0 amide bonds. The summed E-state index contributed by atoms with van der Waals surface area (Å²) in [5, 5.41) is 25.0. The molecule has 0 fully saturated rings. The summed E-state index contributed by atoms with van der Waals surface area (Å²) >= 11 is 5.14. The summed E-state index contributed by atoms with van der Waals surface area (Å²) in [5.74, 6) is -2.07. The molecule has 0 radical (unpaired) electrons. The molecule has 0 aliphatic heterocycles. The minimum absolute atomic E-state index is 0.0509. The number of carbonyl (C=O) groups excluding carboxylic acids is 1. The Balaban J connectivity index is 0.000000260. The van der Waals surface area contributed by atoms with Crippen LogP contribution in [-0.2, 0) is 22.4 Å². The lowest BCUT2D eigenvalue weighted by Crippen LogP contribution is -2.02. The number of halogens is 3. The van der Waals surface area contributed by atoms with Gasteiger partial charge in [-0.05, 0) is 47.0 Å². The monoisotopic (exact) mass is 376 g/mol. The van der Waals surface area contributed by atoms with E-state index in [1.54, 1.807) is 12.1 Å². The Bertz CT molecular complexity index is 842. The molecule has 1 N–H and O–H groups in total. The first-order valence-corrected chi connectivity index (χ1v) is 7.41. The number of aliphatic carboxylic acids is 1. The largest absolute Gasteiger partial charge is 0.481 e. The van der Waals surface area contributed by atoms with E-state index in [9.17, 15) is 18.4 Å². The van der Waals surface area contributed by atoms with Crippen molar-refractivity contribution in [3.63, 3.8) is 0 Å². The lowest BCUT2D eigenvalue weighted by molar-refractivity contribution is -0.136. The molecule has 0 aromatic heterocycles. The molecule has 8 heteroatoms. The van der Waals surface area contributed by atoms with Crippen molar-refractivity contribution >= 4 is 22.8 Å². The fourth-order valence-corrected chi connectivity index (χ4v) is 2.07. The molecule has 2 aromatic carbocycles. The second-order valence-electron chi connectivity index (χ2n) is 4.93. The van der Waals surface area contributed by atoms with Gasteiger partial charge in [0, 0.05) is 6.42 Å². The van der Waals surface area contributed by atoms with Crippen LogP contribution in [0.3, 0.4) is 0 Å². The van der Waals surface area contributed by atoms with Gasteiger partial charge in [-0.15, -0.1) is 0 Å². The van der Waals surface area contributed by atoms with Crippen molar-refractivity contribution in [3.8, 4) is 12.1 Å². The molecular weight excluding hydrogens is 366 g/mol. The lowest BCUT2D eigenvalue weighted by Gasteiger charge is -1.99. The first-order valence-electron chi connectivity index (χ1n) is 7.04. The van der Waals surface area contributed by atoms with E-state index in [4.69, 9.17) is 27.2 Å². The zero-order valence-corrected chi connectivity index (χ0v) is 13.9. The van der Waals surface area contributed by atoms with Crippen LogP contribution in [0.1, 0.15) is 22.3 Å². The molecule has 0 heterocycles. The second-order valence-corrected chi connectivity index (χ2v) is 5.35. The highest BCUT2D eigenvalue weighted by Crippen LogP contribution is 2.12. The molecule has 0 aliphatic rings. The van der Waals surface area contributed by atoms with Crippen LogP contribution in [0, 0.1) is 34.3 Å². The van der Waals surface area contributed by atoms with Crippen molar-refractivity contribution in [3.05, 3.63) is 70.3 Å². The maximum atomic E-state index is 12.6. The lowest BCUT2D eigenvalue weighted by atomic mass is 10.1. The Morgan fingerprint density at radius 2 is 1.35 bits per heavy atom. The molecule has 0 saturated heterocycles. The smallest absolute Gasteiger partial charge is 0.307 e. The number of nitriles is 2. The van der Waals surface area contributed by atoms with Gasteiger partial charge in [0.15, 0.2) is 0 Å². The third kappa shape index (κ3) is 6.68. The predicted octanol–water partition coefficient (Wildman–Crippen LogP) is 3.33. The van der Waals surface area contributed by atoms with Crippen molar-refractivity contribution in [2.24, 2.45) is 0 Å². The van der Waals surface area contributed by atoms with Gasteiger partial charge in [-0.1, -0.05) is 12.1 Å². The van der Waals surface area contributed by atoms with Gasteiger partial charge in [0.25, 0.3) is 0 Å². The van der Waals surface area contributed by atoms with Crippen LogP contribution in [0.4, 0.5) is 8.78 Å². The standard InChI is InChI=1S/C9H5ClFNO.C9H6FNO2/c10-9(13)4-6-1-2-8(11)3-7(6)5-12;10-8-2-1-6(4-9(12)13)7(3-8)5-11/h1-3H,4H2;1-3H,4H2,(H,12,13). The molecule has 2 rings (SSSR count). The van der Waals surface area contributed by atoms with E-state index in [0.717, 1.165) is 18.2 Å². The molecule has 26 heavy (non-hydrogen) atoms. The van der Waals surface area contributed by atoms with Crippen molar-refractivity contribution in [2.45, 2.75) is 12.8 Å². The molecule has 0 bridgehead atoms. The van der Waals surface area contributed by atoms with E-state index in [1.165, 1.54) is 18.2 Å². The average Bonchev–Trinajstić information content (AvgIpc) is 2.57. The van der Waals surface area contributed by atoms with Crippen molar-refractivity contribution in [1.82, 2.24) is 0 Å². The maximum absolute atomic E-state index is 12.6. The quantitative estimate of drug-likeness (QED) is 0.824. The predicted molar refractivity (Wildman–Crippen MR) is 88.1 cm³/mol. The van der Waals surface area contributed by atoms with Crippen LogP contribution in [0.2, 0.25) is 0 Å². The molecule has 0 saturated carbocycles. The van der Waals surface area contributed by atoms with E-state index in [2.05, 4.69) is 0 Å². The number of hydrogen-bond donors (Lipinski definition) is 1. The van der Waals surface area contributed by atoms with E-state index in [1.807, 2.05) is 0 Å². The van der Waals surface area contributed by atoms with Crippen LogP contribution in [-0.4, -0.2) is 16.3 Å². The van der Waals surface area contributed by atoms with Gasteiger partial charge in [0.2, 0.25) is 5.24 Å². The maximum Gasteiger partial charge on any atom is 0.307 e. The van der Waals surface area contributed by atoms with Gasteiger partial charge >= 0.3 is 5.97 Å². The molecule has 0 spiro atoms. The summed E-state index contributed by atoms with van der Waals surface area (Å²) in [6, 6.07) is 10.7. The Morgan fingerprint density at radius 1 is 0.923 bits per heavy atom. The van der Waals surface area contributed by atoms with Crippen molar-refractivity contribution in [2.75, 3.05) is 0 Å². The number of benzene rings is 2. The van der Waals surface area contributed by atoms with Crippen molar-refractivity contribution in [1.29, 1.82) is 10.5 Å². The molecule has 0 unspecified atom stereocenters. The highest BCUT2D eigenvalue weighted by atomic mass is 35.5. The highest BCUT2D eigenvalue weighted by molar-refractivity contribution is 6.63. The third-order valence-electron chi connectivity index (χ3n) is 3.06. The number of rotatable bonds is 4. The average molecular weight is 377 g/mol. The second kappa shape index (κ2) is 9.87. The van der Waals surface area contributed by atoms with Crippen LogP contribution in [0.5, 0.6) is 0 Å². The van der Waals surface area contributed by atoms with Crippen LogP contribution < -0.4 is 0 Å². The number of nitrogens with zero attached hydrogens (tertiary/aromatic N) is 2. The summed E-state index contributed by atoms with van der Waals surface area (Å²) < 4.78 is 25.2. The van der Waals surface area contributed by atoms with Crippen molar-refractivity contribution < 1.29 is 23.5 Å². The summed E-state index contributed by atoms with van der Waals surface area (Å²) in [6.45, 7) is 0. The summed E-state index contributed by atoms with van der Waals surface area (Å²) in [4.78, 5) is 20.8. The van der Waals surface area contributed by atoms with Gasteiger partial charge in [-0.2, -0.15) is 10.5 Å². The van der Waals surface area contributed by atoms with E-state index in [-0.39, 0.29) is 24.0 Å². The molecule has 2 aromatic rings. The normalized spacial score (nSPS) is 9.27. The van der Waals surface area contributed by atoms with Gasteiger partial charge in [0.1, 0.15) is 11.6 Å². The van der Waals surface area contributed by atoms with E-state index < -0.39 is 22.8 Å². The summed E-state index contributed by atoms with van der Waals surface area (Å²) in [7, 11) is 0. The van der Waals surface area contributed by atoms with Crippen LogP contribution >= 0.6 is 11.6 Å². The first-order chi connectivity index (χ1) is 12.3. The molecular formula is C18H11ClF2N2O3. The highest BCUT2D eigenvalue weighted by Gasteiger charge is 2.07. The number of carboxylic acid groups (broad SMARTS) is 1. The van der Waals surface area contributed by atoms with Crippen LogP contribution in [0.25, 0.3) is 0 Å². The summed E-state index contributed by atoms with van der Waals surface area (Å²) in [5.41, 5.74) is 0.997. The number of carboxylic acids is 1. The number of hydrogen-bond acceptors (Lipinski definition) is 4. The van der Waals surface area contributed by atoms with Crippen LogP contribution in [0.15, 0.2) is 36.4 Å². The minimum Gasteiger partial charge on any atom is -0.481 e. The third-order valence-corrected chi connectivity index (χ3v) is 3.19. The Morgan fingerprint density at radius 3 is 1.69 bits per heavy atom. The molecule has 5 nitrogen and oxygen atoms in total. The summed E-state index contributed by atoms with van der Waals surface area (Å²) in [6.07, 6.45) is -0.312. The van der Waals surface area contributed by atoms with E-state index in [0.29, 0.717) is 11.1 Å². The zero-order valence-electron chi connectivity index (χ0n) is 13.2. The Kier molecular flexibility index (Phi) is 7.88. The molecule has 0 aliphatic carbocycles. The SMILES string of the molecule is N#Cc1cc(F)ccc1CC(=O)Cl.N#Cc1cc(F)ccc1CC(=O)O. The first kappa shape index (κ1) is 20.8. The Hall–Kier alpha value is -3.29. The van der Waals surface area contributed by atoms with Gasteiger partial charge in [0.05, 0.1) is 29.7 Å². The molecule has 132 valence electrons.